The third kappa shape index (κ3) is 2.42. The molecule has 0 radical (unpaired) electrons. The van der Waals surface area contributed by atoms with Crippen molar-refractivity contribution >= 4 is 0 Å². The summed E-state index contributed by atoms with van der Waals surface area (Å²) in [5.74, 6) is 0.517. The second-order valence-corrected chi connectivity index (χ2v) is 4.26. The van der Waals surface area contributed by atoms with Gasteiger partial charge in [0.25, 0.3) is 0 Å². The van der Waals surface area contributed by atoms with Crippen LogP contribution in [0.4, 0.5) is 0 Å². The number of aryl methyl sites for hydroxylation is 2. The molecule has 0 aromatic carbocycles. The van der Waals surface area contributed by atoms with Crippen molar-refractivity contribution in [3.8, 4) is 6.07 Å². The summed E-state index contributed by atoms with van der Waals surface area (Å²) in [6.45, 7) is 1.66. The lowest BCUT2D eigenvalue weighted by molar-refractivity contribution is 0.0842. The highest BCUT2D eigenvalue weighted by Gasteiger charge is 2.21. The molecule has 0 bridgehead atoms. The molecule has 1 aromatic rings. The zero-order chi connectivity index (χ0) is 11.4. The average molecular weight is 219 g/mol. The fourth-order valence-corrected chi connectivity index (χ4v) is 2.25. The van der Waals surface area contributed by atoms with Gasteiger partial charge in [0.2, 0.25) is 0 Å². The van der Waals surface area contributed by atoms with Crippen molar-refractivity contribution in [1.29, 1.82) is 5.26 Å². The molecule has 0 unspecified atom stereocenters. The number of hydrogen-bond donors (Lipinski definition) is 0. The van der Waals surface area contributed by atoms with Gasteiger partial charge in [-0.3, -0.25) is 4.68 Å². The lowest BCUT2D eigenvalue weighted by Gasteiger charge is -2.21. The monoisotopic (exact) mass is 219 g/mol. The molecule has 1 saturated heterocycles. The Kier molecular flexibility index (Phi) is 3.58. The molecule has 1 aliphatic heterocycles. The number of rotatable bonds is 3. The Labute approximate surface area is 95.8 Å². The van der Waals surface area contributed by atoms with Crippen LogP contribution >= 0.6 is 0 Å². The van der Waals surface area contributed by atoms with Crippen LogP contribution in [0.25, 0.3) is 0 Å². The zero-order valence-electron chi connectivity index (χ0n) is 9.65. The quantitative estimate of drug-likeness (QED) is 0.778. The third-order valence-corrected chi connectivity index (χ3v) is 3.05. The predicted molar refractivity (Wildman–Crippen MR) is 59.9 cm³/mol. The smallest absolute Gasteiger partial charge is 0.0689 e. The topological polar surface area (TPSA) is 50.8 Å². The van der Waals surface area contributed by atoms with Crippen LogP contribution in [0.2, 0.25) is 0 Å². The van der Waals surface area contributed by atoms with E-state index in [0.29, 0.717) is 12.3 Å². The number of aromatic nitrogens is 2. The molecule has 2 heterocycles. The van der Waals surface area contributed by atoms with E-state index in [0.717, 1.165) is 32.5 Å². The standard InChI is InChI=1S/C12H17N3O/c1-15-9-11(3-2-6-13)12(14-15)10-4-7-16-8-5-10/h9-10H,2-5,7-8H2,1H3. The summed E-state index contributed by atoms with van der Waals surface area (Å²) in [6, 6.07) is 2.19. The molecule has 0 atom stereocenters. The molecular formula is C12H17N3O. The Bertz CT molecular complexity index is 385. The highest BCUT2D eigenvalue weighted by Crippen LogP contribution is 2.28. The molecule has 1 fully saturated rings. The molecule has 0 spiro atoms. The molecule has 4 heteroatoms. The first-order valence-corrected chi connectivity index (χ1v) is 5.78. The third-order valence-electron chi connectivity index (χ3n) is 3.05. The summed E-state index contributed by atoms with van der Waals surface area (Å²) in [5.41, 5.74) is 2.41. The first-order valence-electron chi connectivity index (χ1n) is 5.78. The van der Waals surface area contributed by atoms with E-state index in [1.54, 1.807) is 0 Å². The van der Waals surface area contributed by atoms with Crippen molar-refractivity contribution in [2.45, 2.75) is 31.6 Å². The highest BCUT2D eigenvalue weighted by atomic mass is 16.5. The lowest BCUT2D eigenvalue weighted by Crippen LogP contribution is -2.15. The van der Waals surface area contributed by atoms with Crippen molar-refractivity contribution in [1.82, 2.24) is 9.78 Å². The van der Waals surface area contributed by atoms with Gasteiger partial charge < -0.3 is 4.74 Å². The average Bonchev–Trinajstić information content (AvgIpc) is 2.69. The largest absolute Gasteiger partial charge is 0.381 e. The lowest BCUT2D eigenvalue weighted by atomic mass is 9.93. The van der Waals surface area contributed by atoms with Gasteiger partial charge in [-0.25, -0.2) is 0 Å². The maximum absolute atomic E-state index is 8.64. The van der Waals surface area contributed by atoms with Crippen molar-refractivity contribution in [3.05, 3.63) is 17.5 Å². The Balaban J connectivity index is 2.14. The van der Waals surface area contributed by atoms with Gasteiger partial charge in [0, 0.05) is 38.8 Å². The van der Waals surface area contributed by atoms with E-state index in [-0.39, 0.29) is 0 Å². The van der Waals surface area contributed by atoms with Crippen molar-refractivity contribution in [2.75, 3.05) is 13.2 Å². The molecular weight excluding hydrogens is 202 g/mol. The van der Waals surface area contributed by atoms with Crippen LogP contribution in [0.1, 0.15) is 36.4 Å². The molecule has 4 nitrogen and oxygen atoms in total. The summed E-state index contributed by atoms with van der Waals surface area (Å²) in [6.07, 6.45) is 5.54. The van der Waals surface area contributed by atoms with Crippen molar-refractivity contribution < 1.29 is 4.74 Å². The number of hydrogen-bond acceptors (Lipinski definition) is 3. The Morgan fingerprint density at radius 3 is 3.00 bits per heavy atom. The highest BCUT2D eigenvalue weighted by molar-refractivity contribution is 5.22. The Morgan fingerprint density at radius 2 is 2.31 bits per heavy atom. The van der Waals surface area contributed by atoms with Crippen molar-refractivity contribution in [3.63, 3.8) is 0 Å². The van der Waals surface area contributed by atoms with Crippen LogP contribution in [-0.2, 0) is 18.2 Å². The van der Waals surface area contributed by atoms with E-state index in [2.05, 4.69) is 11.2 Å². The van der Waals surface area contributed by atoms with E-state index < -0.39 is 0 Å². The summed E-state index contributed by atoms with van der Waals surface area (Å²) >= 11 is 0. The minimum atomic E-state index is 0.517. The molecule has 1 aliphatic rings. The van der Waals surface area contributed by atoms with Crippen LogP contribution in [-0.4, -0.2) is 23.0 Å². The SMILES string of the molecule is Cn1cc(CCC#N)c(C2CCOCC2)n1. The fraction of sp³-hybridized carbons (Fsp3) is 0.667. The van der Waals surface area contributed by atoms with Gasteiger partial charge in [-0.1, -0.05) is 0 Å². The van der Waals surface area contributed by atoms with Gasteiger partial charge in [0.15, 0.2) is 0 Å². The van der Waals surface area contributed by atoms with Crippen LogP contribution in [0.5, 0.6) is 0 Å². The van der Waals surface area contributed by atoms with E-state index in [4.69, 9.17) is 10.00 Å². The number of nitriles is 1. The van der Waals surface area contributed by atoms with E-state index >= 15 is 0 Å². The second kappa shape index (κ2) is 5.13. The molecule has 16 heavy (non-hydrogen) atoms. The molecule has 0 N–H and O–H groups in total. The minimum absolute atomic E-state index is 0.517. The maximum atomic E-state index is 8.64. The van der Waals surface area contributed by atoms with Gasteiger partial charge in [0.05, 0.1) is 11.8 Å². The van der Waals surface area contributed by atoms with Gasteiger partial charge in [-0.2, -0.15) is 10.4 Å². The molecule has 2 rings (SSSR count). The minimum Gasteiger partial charge on any atom is -0.381 e. The van der Waals surface area contributed by atoms with Crippen LogP contribution in [0.3, 0.4) is 0 Å². The summed E-state index contributed by atoms with van der Waals surface area (Å²) in [4.78, 5) is 0. The Morgan fingerprint density at radius 1 is 1.56 bits per heavy atom. The first-order chi connectivity index (χ1) is 7.81. The molecule has 1 aromatic heterocycles. The van der Waals surface area contributed by atoms with E-state index in [1.165, 1.54) is 11.3 Å². The number of nitrogens with zero attached hydrogens (tertiary/aromatic N) is 3. The Hall–Kier alpha value is -1.34. The van der Waals surface area contributed by atoms with Gasteiger partial charge >= 0.3 is 0 Å². The van der Waals surface area contributed by atoms with Gasteiger partial charge in [-0.05, 0) is 24.8 Å². The zero-order valence-corrected chi connectivity index (χ0v) is 9.65. The molecule has 0 saturated carbocycles. The van der Waals surface area contributed by atoms with Gasteiger partial charge in [-0.15, -0.1) is 0 Å². The predicted octanol–water partition coefficient (Wildman–Crippen LogP) is 1.77. The van der Waals surface area contributed by atoms with Crippen LogP contribution in [0.15, 0.2) is 6.20 Å². The fourth-order valence-electron chi connectivity index (χ4n) is 2.25. The molecule has 86 valence electrons. The van der Waals surface area contributed by atoms with Crippen LogP contribution < -0.4 is 0 Å². The van der Waals surface area contributed by atoms with E-state index in [1.807, 2.05) is 17.9 Å². The molecule has 0 aliphatic carbocycles. The maximum Gasteiger partial charge on any atom is 0.0689 e. The first kappa shape index (κ1) is 11.2. The number of ether oxygens (including phenoxy) is 1. The van der Waals surface area contributed by atoms with Crippen molar-refractivity contribution in [2.24, 2.45) is 7.05 Å². The van der Waals surface area contributed by atoms with Crippen LogP contribution in [0, 0.1) is 11.3 Å². The second-order valence-electron chi connectivity index (χ2n) is 4.26. The normalized spacial score (nSPS) is 17.2. The summed E-state index contributed by atoms with van der Waals surface area (Å²) < 4.78 is 7.22. The summed E-state index contributed by atoms with van der Waals surface area (Å²) in [5, 5.41) is 13.2. The van der Waals surface area contributed by atoms with Gasteiger partial charge in [0.1, 0.15) is 0 Å². The molecule has 0 amide bonds. The summed E-state index contributed by atoms with van der Waals surface area (Å²) in [7, 11) is 1.94. The van der Waals surface area contributed by atoms with E-state index in [9.17, 15) is 0 Å².